The van der Waals surface area contributed by atoms with Crippen LogP contribution in [0.25, 0.3) is 0 Å². The Morgan fingerprint density at radius 2 is 2.47 bits per heavy atom. The van der Waals surface area contributed by atoms with Crippen LogP contribution in [-0.4, -0.2) is 30.4 Å². The second-order valence-electron chi connectivity index (χ2n) is 2.88. The second-order valence-corrected chi connectivity index (χ2v) is 3.63. The molecule has 0 bridgehead atoms. The molecule has 0 spiro atoms. The van der Waals surface area contributed by atoms with Gasteiger partial charge < -0.3 is 0 Å². The first kappa shape index (κ1) is 10.2. The van der Waals surface area contributed by atoms with Crippen LogP contribution in [0.1, 0.15) is 17.4 Å². The van der Waals surface area contributed by atoms with Gasteiger partial charge >= 0.3 is 0 Å². The highest BCUT2D eigenvalue weighted by Crippen LogP contribution is 2.23. The maximum Gasteiger partial charge on any atom is 0.153 e. The maximum atomic E-state index is 5.47. The van der Waals surface area contributed by atoms with Gasteiger partial charge in [0.1, 0.15) is 11.7 Å². The number of nitrogens with two attached hydrogens (primary N) is 1. The predicted octanol–water partition coefficient (Wildman–Crippen LogP) is -0.752. The van der Waals surface area contributed by atoms with Crippen LogP contribution in [0.2, 0.25) is 0 Å². The predicted molar refractivity (Wildman–Crippen MR) is 54.3 cm³/mol. The van der Waals surface area contributed by atoms with Crippen molar-refractivity contribution in [3.63, 3.8) is 0 Å². The molecule has 2 aromatic heterocycles. The van der Waals surface area contributed by atoms with Crippen molar-refractivity contribution in [1.82, 2.24) is 35.8 Å². The van der Waals surface area contributed by atoms with Crippen molar-refractivity contribution in [2.45, 2.75) is 6.04 Å². The van der Waals surface area contributed by atoms with Crippen molar-refractivity contribution in [2.24, 2.45) is 12.9 Å². The van der Waals surface area contributed by atoms with E-state index in [1.807, 2.05) is 0 Å². The Morgan fingerprint density at radius 1 is 1.67 bits per heavy atom. The highest BCUT2D eigenvalue weighted by molar-refractivity contribution is 9.10. The molecule has 0 aromatic carbocycles. The summed E-state index contributed by atoms with van der Waals surface area (Å²) >= 11 is 3.30. The summed E-state index contributed by atoms with van der Waals surface area (Å²) in [5.41, 5.74) is 4.09. The molecule has 2 aromatic rings. The van der Waals surface area contributed by atoms with Gasteiger partial charge in [-0.1, -0.05) is 5.21 Å². The van der Waals surface area contributed by atoms with Crippen LogP contribution < -0.4 is 11.3 Å². The van der Waals surface area contributed by atoms with E-state index in [1.165, 1.54) is 0 Å². The summed E-state index contributed by atoms with van der Waals surface area (Å²) < 4.78 is 2.24. The molecular formula is C6H9BrN8. The number of aromatic nitrogens is 6. The van der Waals surface area contributed by atoms with Crippen LogP contribution in [-0.2, 0) is 7.05 Å². The van der Waals surface area contributed by atoms with E-state index in [-0.39, 0.29) is 6.04 Å². The van der Waals surface area contributed by atoms with E-state index in [4.69, 9.17) is 5.84 Å². The van der Waals surface area contributed by atoms with Gasteiger partial charge in [-0.25, -0.2) is 10.1 Å². The number of nitrogens with zero attached hydrogens (tertiary/aromatic N) is 5. The molecule has 0 fully saturated rings. The first-order chi connectivity index (χ1) is 7.24. The average molecular weight is 273 g/mol. The lowest BCUT2D eigenvalue weighted by atomic mass is 10.2. The maximum absolute atomic E-state index is 5.47. The van der Waals surface area contributed by atoms with E-state index in [0.29, 0.717) is 10.3 Å². The van der Waals surface area contributed by atoms with E-state index >= 15 is 0 Å². The lowest BCUT2D eigenvalue weighted by molar-refractivity contribution is 0.557. The van der Waals surface area contributed by atoms with Crippen molar-refractivity contribution < 1.29 is 0 Å². The van der Waals surface area contributed by atoms with Crippen LogP contribution in [0.15, 0.2) is 10.8 Å². The SMILES string of the molecule is Cn1nnc(Br)c1C(NN)c1cn[nH]n1. The van der Waals surface area contributed by atoms with E-state index in [0.717, 1.165) is 5.69 Å². The number of hydrazine groups is 1. The number of hydrogen-bond acceptors (Lipinski definition) is 6. The molecule has 0 amide bonds. The monoisotopic (exact) mass is 272 g/mol. The number of nitrogens with one attached hydrogen (secondary N) is 2. The third-order valence-corrected chi connectivity index (χ3v) is 2.56. The van der Waals surface area contributed by atoms with E-state index in [1.54, 1.807) is 17.9 Å². The van der Waals surface area contributed by atoms with E-state index < -0.39 is 0 Å². The van der Waals surface area contributed by atoms with Gasteiger partial charge in [0, 0.05) is 7.05 Å². The Labute approximate surface area is 93.3 Å². The molecule has 0 aliphatic heterocycles. The molecule has 9 heteroatoms. The Hall–Kier alpha value is -1.32. The number of hydrogen-bond donors (Lipinski definition) is 3. The van der Waals surface area contributed by atoms with E-state index in [9.17, 15) is 0 Å². The first-order valence-electron chi connectivity index (χ1n) is 4.11. The van der Waals surface area contributed by atoms with E-state index in [2.05, 4.69) is 47.1 Å². The zero-order valence-corrected chi connectivity index (χ0v) is 9.43. The Balaban J connectivity index is 2.44. The fraction of sp³-hybridized carbons (Fsp3) is 0.333. The van der Waals surface area contributed by atoms with Gasteiger partial charge in [-0.15, -0.1) is 5.10 Å². The normalized spacial score (nSPS) is 13.0. The summed E-state index contributed by atoms with van der Waals surface area (Å²) in [5.74, 6) is 5.47. The summed E-state index contributed by atoms with van der Waals surface area (Å²) in [7, 11) is 1.78. The lowest BCUT2D eigenvalue weighted by Crippen LogP contribution is -2.31. The minimum atomic E-state index is -0.307. The standard InChI is InChI=1S/C6H9BrN8/c1-15-5(6(7)12-14-15)4(10-8)3-2-9-13-11-3/h2,4,10H,8H2,1H3,(H,9,11,13). The van der Waals surface area contributed by atoms with Gasteiger partial charge in [-0.2, -0.15) is 15.4 Å². The zero-order chi connectivity index (χ0) is 10.8. The molecule has 80 valence electrons. The molecule has 1 atom stereocenters. The minimum absolute atomic E-state index is 0.307. The van der Waals surface area contributed by atoms with Gasteiger partial charge in [0.05, 0.1) is 11.9 Å². The third-order valence-electron chi connectivity index (χ3n) is 2.00. The number of H-pyrrole nitrogens is 1. The van der Waals surface area contributed by atoms with Crippen molar-refractivity contribution in [2.75, 3.05) is 0 Å². The van der Waals surface area contributed by atoms with Crippen LogP contribution in [0.3, 0.4) is 0 Å². The summed E-state index contributed by atoms with van der Waals surface area (Å²) in [5, 5.41) is 17.9. The fourth-order valence-electron chi connectivity index (χ4n) is 1.30. The molecular weight excluding hydrogens is 264 g/mol. The number of halogens is 1. The van der Waals surface area contributed by atoms with Gasteiger partial charge in [0.2, 0.25) is 0 Å². The molecule has 8 nitrogen and oxygen atoms in total. The van der Waals surface area contributed by atoms with Gasteiger partial charge in [0.15, 0.2) is 4.60 Å². The van der Waals surface area contributed by atoms with Crippen LogP contribution in [0, 0.1) is 0 Å². The Kier molecular flexibility index (Phi) is 2.75. The number of aryl methyl sites for hydroxylation is 1. The molecule has 2 heterocycles. The summed E-state index contributed by atoms with van der Waals surface area (Å²) in [4.78, 5) is 0. The molecule has 0 radical (unpaired) electrons. The Morgan fingerprint density at radius 3 is 2.93 bits per heavy atom. The molecule has 15 heavy (non-hydrogen) atoms. The minimum Gasteiger partial charge on any atom is -0.270 e. The molecule has 2 rings (SSSR count). The number of aromatic amines is 1. The second kappa shape index (κ2) is 4.04. The van der Waals surface area contributed by atoms with Gasteiger partial charge in [0.25, 0.3) is 0 Å². The molecule has 0 aliphatic rings. The van der Waals surface area contributed by atoms with Crippen LogP contribution >= 0.6 is 15.9 Å². The van der Waals surface area contributed by atoms with Gasteiger partial charge in [-0.3, -0.25) is 5.84 Å². The summed E-state index contributed by atoms with van der Waals surface area (Å²) in [6, 6.07) is -0.307. The van der Waals surface area contributed by atoms with Crippen LogP contribution in [0.4, 0.5) is 0 Å². The van der Waals surface area contributed by atoms with Gasteiger partial charge in [-0.05, 0) is 15.9 Å². The highest BCUT2D eigenvalue weighted by atomic mass is 79.9. The van der Waals surface area contributed by atoms with Crippen LogP contribution in [0.5, 0.6) is 0 Å². The molecule has 4 N–H and O–H groups in total. The Bertz CT molecular complexity index is 414. The molecule has 0 saturated carbocycles. The highest BCUT2D eigenvalue weighted by Gasteiger charge is 2.22. The summed E-state index contributed by atoms with van der Waals surface area (Å²) in [6.45, 7) is 0. The number of rotatable bonds is 3. The summed E-state index contributed by atoms with van der Waals surface area (Å²) in [6.07, 6.45) is 1.59. The molecule has 0 saturated heterocycles. The smallest absolute Gasteiger partial charge is 0.153 e. The zero-order valence-electron chi connectivity index (χ0n) is 7.85. The third kappa shape index (κ3) is 1.76. The molecule has 1 unspecified atom stereocenters. The van der Waals surface area contributed by atoms with Crippen molar-refractivity contribution >= 4 is 15.9 Å². The average Bonchev–Trinajstić information content (AvgIpc) is 2.83. The first-order valence-corrected chi connectivity index (χ1v) is 4.90. The fourth-order valence-corrected chi connectivity index (χ4v) is 1.86. The quantitative estimate of drug-likeness (QED) is 0.501. The topological polar surface area (TPSA) is 110 Å². The van der Waals surface area contributed by atoms with Crippen molar-refractivity contribution in [1.29, 1.82) is 0 Å². The van der Waals surface area contributed by atoms with Crippen molar-refractivity contribution in [3.05, 3.63) is 22.2 Å². The largest absolute Gasteiger partial charge is 0.270 e. The molecule has 0 aliphatic carbocycles. The van der Waals surface area contributed by atoms with Crippen molar-refractivity contribution in [3.8, 4) is 0 Å². The lowest BCUT2D eigenvalue weighted by Gasteiger charge is -2.12.